The van der Waals surface area contributed by atoms with Gasteiger partial charge < -0.3 is 20.3 Å². The van der Waals surface area contributed by atoms with Crippen LogP contribution in [0.4, 0.5) is 10.7 Å². The van der Waals surface area contributed by atoms with E-state index in [1.54, 1.807) is 43.6 Å². The average molecular weight is 457 g/mol. The molecule has 0 bridgehead atoms. The summed E-state index contributed by atoms with van der Waals surface area (Å²) in [7, 11) is 0. The lowest BCUT2D eigenvalue weighted by Crippen LogP contribution is -2.52. The van der Waals surface area contributed by atoms with Crippen LogP contribution in [-0.2, 0) is 9.53 Å². The van der Waals surface area contributed by atoms with E-state index >= 15 is 0 Å². The van der Waals surface area contributed by atoms with Crippen LogP contribution in [0.2, 0.25) is 5.02 Å². The Kier molecular flexibility index (Phi) is 6.87. The van der Waals surface area contributed by atoms with Crippen molar-refractivity contribution in [1.29, 1.82) is 0 Å². The molecule has 9 nitrogen and oxygen atoms in total. The molecule has 2 aromatic rings. The molecule has 1 atom stereocenters. The molecule has 4 rings (SSSR count). The van der Waals surface area contributed by atoms with Crippen molar-refractivity contribution in [2.24, 2.45) is 0 Å². The van der Waals surface area contributed by atoms with Gasteiger partial charge >= 0.3 is 12.0 Å². The summed E-state index contributed by atoms with van der Waals surface area (Å²) in [5, 5.41) is 6.11. The maximum absolute atomic E-state index is 12.9. The topological polar surface area (TPSA) is 99.7 Å². The van der Waals surface area contributed by atoms with E-state index in [1.807, 2.05) is 6.07 Å². The molecule has 3 heterocycles. The molecule has 0 spiro atoms. The molecule has 0 radical (unpaired) electrons. The van der Waals surface area contributed by atoms with E-state index in [2.05, 4.69) is 30.4 Å². The molecule has 0 aliphatic carbocycles. The second-order valence-corrected chi connectivity index (χ2v) is 7.88. The van der Waals surface area contributed by atoms with Gasteiger partial charge in [0.25, 0.3) is 0 Å². The first-order chi connectivity index (χ1) is 15.6. The first-order valence-corrected chi connectivity index (χ1v) is 10.9. The maximum Gasteiger partial charge on any atom is 0.338 e. The molecule has 0 unspecified atom stereocenters. The second-order valence-electron chi connectivity index (χ2n) is 7.48. The Bertz CT molecular complexity index is 1010. The Morgan fingerprint density at radius 2 is 1.88 bits per heavy atom. The molecule has 1 aromatic carbocycles. The SMILES string of the molecule is CCOC(=O)C1=C(CN2CCN(c3ncccn3)CC2)NC(=O)N[C@H]1c1ccccc1Cl. The van der Waals surface area contributed by atoms with Crippen molar-refractivity contribution >= 4 is 29.5 Å². The van der Waals surface area contributed by atoms with Crippen molar-refractivity contribution in [2.45, 2.75) is 13.0 Å². The lowest BCUT2D eigenvalue weighted by atomic mass is 9.95. The second kappa shape index (κ2) is 9.97. The van der Waals surface area contributed by atoms with E-state index in [0.717, 1.165) is 26.2 Å². The van der Waals surface area contributed by atoms with Crippen molar-refractivity contribution in [2.75, 3.05) is 44.2 Å². The summed E-state index contributed by atoms with van der Waals surface area (Å²) in [5.74, 6) is 0.226. The van der Waals surface area contributed by atoms with Gasteiger partial charge in [0, 0.05) is 55.8 Å². The smallest absolute Gasteiger partial charge is 0.338 e. The first kappa shape index (κ1) is 22.0. The zero-order valence-corrected chi connectivity index (χ0v) is 18.5. The molecular formula is C22H25ClN6O3. The van der Waals surface area contributed by atoms with Gasteiger partial charge in [0.2, 0.25) is 5.95 Å². The van der Waals surface area contributed by atoms with E-state index in [9.17, 15) is 9.59 Å². The lowest BCUT2D eigenvalue weighted by molar-refractivity contribution is -0.139. The van der Waals surface area contributed by atoms with Crippen LogP contribution in [0.1, 0.15) is 18.5 Å². The van der Waals surface area contributed by atoms with Gasteiger partial charge in [-0.15, -0.1) is 0 Å². The molecule has 2 aliphatic heterocycles. The Balaban J connectivity index is 1.57. The third-order valence-electron chi connectivity index (χ3n) is 5.45. The van der Waals surface area contributed by atoms with Crippen LogP contribution < -0.4 is 15.5 Å². The van der Waals surface area contributed by atoms with E-state index < -0.39 is 12.0 Å². The summed E-state index contributed by atoms with van der Waals surface area (Å²) in [6.07, 6.45) is 3.45. The van der Waals surface area contributed by atoms with Crippen LogP contribution in [0.25, 0.3) is 0 Å². The zero-order valence-electron chi connectivity index (χ0n) is 17.8. The van der Waals surface area contributed by atoms with Crippen LogP contribution >= 0.6 is 11.6 Å². The molecule has 2 aliphatic rings. The molecule has 32 heavy (non-hydrogen) atoms. The highest BCUT2D eigenvalue weighted by molar-refractivity contribution is 6.31. The summed E-state index contributed by atoms with van der Waals surface area (Å²) < 4.78 is 5.33. The van der Waals surface area contributed by atoms with E-state index in [1.165, 1.54) is 0 Å². The van der Waals surface area contributed by atoms with Crippen LogP contribution in [0.3, 0.4) is 0 Å². The van der Waals surface area contributed by atoms with Gasteiger partial charge in [0.05, 0.1) is 18.2 Å². The summed E-state index contributed by atoms with van der Waals surface area (Å²) in [6, 6.07) is 7.88. The predicted molar refractivity (Wildman–Crippen MR) is 120 cm³/mol. The number of anilines is 1. The fourth-order valence-corrected chi connectivity index (χ4v) is 4.16. The largest absolute Gasteiger partial charge is 0.463 e. The van der Waals surface area contributed by atoms with Crippen molar-refractivity contribution in [3.8, 4) is 0 Å². The standard InChI is InChI=1S/C22H25ClN6O3/c1-2-32-20(30)18-17(26-22(31)27-19(18)15-6-3-4-7-16(15)23)14-28-10-12-29(13-11-28)21-24-8-5-9-25-21/h3-9,19H,2,10-14H2,1H3,(H2,26,27,31)/t19-/m0/s1. The van der Waals surface area contributed by atoms with Gasteiger partial charge in [-0.25, -0.2) is 19.6 Å². The van der Waals surface area contributed by atoms with Gasteiger partial charge in [0.15, 0.2) is 0 Å². The Morgan fingerprint density at radius 1 is 1.16 bits per heavy atom. The Hall–Kier alpha value is -3.17. The van der Waals surface area contributed by atoms with Gasteiger partial charge in [-0.3, -0.25) is 4.90 Å². The van der Waals surface area contributed by atoms with Crippen molar-refractivity contribution in [3.63, 3.8) is 0 Å². The number of carbonyl (C=O) groups is 2. The zero-order chi connectivity index (χ0) is 22.5. The first-order valence-electron chi connectivity index (χ1n) is 10.5. The normalized spacial score (nSPS) is 19.4. The summed E-state index contributed by atoms with van der Waals surface area (Å²) in [6.45, 7) is 5.34. The number of nitrogens with zero attached hydrogens (tertiary/aromatic N) is 4. The third-order valence-corrected chi connectivity index (χ3v) is 5.80. The number of hydrogen-bond donors (Lipinski definition) is 2. The quantitative estimate of drug-likeness (QED) is 0.642. The molecule has 2 amide bonds. The highest BCUT2D eigenvalue weighted by atomic mass is 35.5. The van der Waals surface area contributed by atoms with E-state index in [0.29, 0.717) is 34.3 Å². The van der Waals surface area contributed by atoms with E-state index in [-0.39, 0.29) is 12.6 Å². The number of hydrogen-bond acceptors (Lipinski definition) is 7. The number of halogens is 1. The Morgan fingerprint density at radius 3 is 2.56 bits per heavy atom. The van der Waals surface area contributed by atoms with E-state index in [4.69, 9.17) is 16.3 Å². The fourth-order valence-electron chi connectivity index (χ4n) is 3.92. The average Bonchev–Trinajstić information content (AvgIpc) is 2.80. The predicted octanol–water partition coefficient (Wildman–Crippen LogP) is 2.12. The van der Waals surface area contributed by atoms with Gasteiger partial charge in [-0.1, -0.05) is 29.8 Å². The van der Waals surface area contributed by atoms with Crippen molar-refractivity contribution < 1.29 is 14.3 Å². The number of ether oxygens (including phenoxy) is 1. The van der Waals surface area contributed by atoms with Crippen LogP contribution in [0, 0.1) is 0 Å². The van der Waals surface area contributed by atoms with Gasteiger partial charge in [-0.05, 0) is 24.6 Å². The van der Waals surface area contributed by atoms with Crippen LogP contribution in [0.5, 0.6) is 0 Å². The van der Waals surface area contributed by atoms with Crippen molar-refractivity contribution in [1.82, 2.24) is 25.5 Å². The fraction of sp³-hybridized carbons (Fsp3) is 0.364. The molecule has 1 saturated heterocycles. The lowest BCUT2D eigenvalue weighted by Gasteiger charge is -2.37. The highest BCUT2D eigenvalue weighted by Crippen LogP contribution is 2.32. The maximum atomic E-state index is 12.9. The molecule has 168 valence electrons. The van der Waals surface area contributed by atoms with Gasteiger partial charge in [0.1, 0.15) is 0 Å². The monoisotopic (exact) mass is 456 g/mol. The van der Waals surface area contributed by atoms with Gasteiger partial charge in [-0.2, -0.15) is 0 Å². The van der Waals surface area contributed by atoms with Crippen LogP contribution in [-0.4, -0.2) is 66.2 Å². The number of nitrogens with one attached hydrogen (secondary N) is 2. The number of carbonyl (C=O) groups excluding carboxylic acids is 2. The van der Waals surface area contributed by atoms with Crippen LogP contribution in [0.15, 0.2) is 54.0 Å². The van der Waals surface area contributed by atoms with Crippen molar-refractivity contribution in [3.05, 3.63) is 64.6 Å². The summed E-state index contributed by atoms with van der Waals surface area (Å²) in [5.41, 5.74) is 1.55. The third kappa shape index (κ3) is 4.84. The Labute approximate surface area is 191 Å². The molecule has 1 aromatic heterocycles. The number of esters is 1. The number of aromatic nitrogens is 2. The molecule has 0 saturated carbocycles. The number of benzene rings is 1. The molecular weight excluding hydrogens is 432 g/mol. The highest BCUT2D eigenvalue weighted by Gasteiger charge is 2.35. The summed E-state index contributed by atoms with van der Waals surface area (Å²) >= 11 is 6.39. The number of rotatable bonds is 6. The minimum Gasteiger partial charge on any atom is -0.463 e. The molecule has 10 heteroatoms. The number of piperazine rings is 1. The number of urea groups is 1. The minimum atomic E-state index is -0.689. The summed E-state index contributed by atoms with van der Waals surface area (Å²) in [4.78, 5) is 38.3. The number of amides is 2. The minimum absolute atomic E-state index is 0.231. The molecule has 2 N–H and O–H groups in total. The molecule has 1 fully saturated rings.